The predicted octanol–water partition coefficient (Wildman–Crippen LogP) is 1.03. The van der Waals surface area contributed by atoms with Crippen LogP contribution in [-0.4, -0.2) is 61.8 Å². The molecule has 0 radical (unpaired) electrons. The van der Waals surface area contributed by atoms with Gasteiger partial charge in [0.2, 0.25) is 5.91 Å². The van der Waals surface area contributed by atoms with Gasteiger partial charge in [-0.1, -0.05) is 11.6 Å². The van der Waals surface area contributed by atoms with Gasteiger partial charge in [0.1, 0.15) is 0 Å². The molecule has 0 fully saturated rings. The van der Waals surface area contributed by atoms with Crippen LogP contribution in [0.3, 0.4) is 0 Å². The lowest BCUT2D eigenvalue weighted by atomic mass is 9.97. The summed E-state index contributed by atoms with van der Waals surface area (Å²) in [5, 5.41) is 11.7. The predicted molar refractivity (Wildman–Crippen MR) is 80.1 cm³/mol. The summed E-state index contributed by atoms with van der Waals surface area (Å²) in [4.78, 5) is 24.2. The number of ether oxygens (including phenoxy) is 1. The lowest BCUT2D eigenvalue weighted by molar-refractivity contribution is -0.138. The number of carbonyl (C=O) groups is 2. The smallest absolute Gasteiger partial charge is 0.317 e. The number of methoxy groups -OCH3 is 1. The summed E-state index contributed by atoms with van der Waals surface area (Å²) < 4.78 is 4.92. The van der Waals surface area contributed by atoms with Crippen LogP contribution in [0.1, 0.15) is 32.1 Å². The molecule has 0 saturated carbocycles. The average Bonchev–Trinajstić information content (AvgIpc) is 2.45. The third-order valence-corrected chi connectivity index (χ3v) is 3.49. The molecule has 0 aromatic heterocycles. The van der Waals surface area contributed by atoms with E-state index in [-0.39, 0.29) is 19.0 Å². The number of hydrogen-bond acceptors (Lipinski definition) is 4. The molecule has 0 aromatic carbocycles. The molecular formula is C15H26N2O4. The second-order valence-electron chi connectivity index (χ2n) is 5.31. The van der Waals surface area contributed by atoms with Gasteiger partial charge in [-0.15, -0.1) is 0 Å². The van der Waals surface area contributed by atoms with Crippen LogP contribution in [0.2, 0.25) is 0 Å². The molecule has 0 spiro atoms. The van der Waals surface area contributed by atoms with Gasteiger partial charge >= 0.3 is 5.97 Å². The Bertz CT molecular complexity index is 369. The molecular weight excluding hydrogens is 272 g/mol. The normalized spacial score (nSPS) is 14.9. The molecule has 6 nitrogen and oxygen atoms in total. The molecule has 1 amide bonds. The van der Waals surface area contributed by atoms with E-state index in [0.29, 0.717) is 19.7 Å². The van der Waals surface area contributed by atoms with Crippen LogP contribution in [-0.2, 0) is 14.3 Å². The van der Waals surface area contributed by atoms with E-state index in [1.54, 1.807) is 12.0 Å². The molecule has 0 bridgehead atoms. The van der Waals surface area contributed by atoms with Crippen molar-refractivity contribution in [3.05, 3.63) is 11.6 Å². The summed E-state index contributed by atoms with van der Waals surface area (Å²) in [7, 11) is 1.55. The van der Waals surface area contributed by atoms with Gasteiger partial charge in [-0.3, -0.25) is 14.5 Å². The van der Waals surface area contributed by atoms with Crippen LogP contribution in [0.4, 0.5) is 0 Å². The van der Waals surface area contributed by atoms with Gasteiger partial charge in [0, 0.05) is 20.2 Å². The summed E-state index contributed by atoms with van der Waals surface area (Å²) >= 11 is 0. The first-order valence-electron chi connectivity index (χ1n) is 7.49. The lowest BCUT2D eigenvalue weighted by Crippen LogP contribution is -2.41. The van der Waals surface area contributed by atoms with Crippen molar-refractivity contribution in [2.45, 2.75) is 32.1 Å². The fourth-order valence-corrected chi connectivity index (χ4v) is 2.38. The van der Waals surface area contributed by atoms with Crippen LogP contribution in [0.15, 0.2) is 11.6 Å². The number of nitrogens with one attached hydrogen (secondary N) is 1. The molecule has 0 saturated heterocycles. The topological polar surface area (TPSA) is 78.9 Å². The SMILES string of the molecule is COCCN(CC(=O)O)CC(=O)NCCC1=CCCCC1. The molecule has 0 atom stereocenters. The van der Waals surface area contributed by atoms with E-state index in [1.807, 2.05) is 0 Å². The molecule has 120 valence electrons. The van der Waals surface area contributed by atoms with E-state index >= 15 is 0 Å². The Morgan fingerprint density at radius 3 is 2.81 bits per heavy atom. The van der Waals surface area contributed by atoms with E-state index in [2.05, 4.69) is 11.4 Å². The fraction of sp³-hybridized carbons (Fsp3) is 0.733. The van der Waals surface area contributed by atoms with Crippen molar-refractivity contribution in [1.82, 2.24) is 10.2 Å². The molecule has 1 rings (SSSR count). The monoisotopic (exact) mass is 298 g/mol. The molecule has 6 heteroatoms. The third-order valence-electron chi connectivity index (χ3n) is 3.49. The van der Waals surface area contributed by atoms with Crippen molar-refractivity contribution < 1.29 is 19.4 Å². The Morgan fingerprint density at radius 1 is 1.38 bits per heavy atom. The highest BCUT2D eigenvalue weighted by molar-refractivity contribution is 5.79. The summed E-state index contributed by atoms with van der Waals surface area (Å²) in [6.45, 7) is 1.40. The third kappa shape index (κ3) is 8.47. The van der Waals surface area contributed by atoms with Crippen LogP contribution in [0.5, 0.6) is 0 Å². The maximum Gasteiger partial charge on any atom is 0.317 e. The van der Waals surface area contributed by atoms with Gasteiger partial charge in [0.15, 0.2) is 0 Å². The molecule has 1 aliphatic rings. The van der Waals surface area contributed by atoms with Crippen molar-refractivity contribution in [3.8, 4) is 0 Å². The minimum Gasteiger partial charge on any atom is -0.480 e. The van der Waals surface area contributed by atoms with Crippen LogP contribution in [0, 0.1) is 0 Å². The summed E-state index contributed by atoms with van der Waals surface area (Å²) in [6, 6.07) is 0. The van der Waals surface area contributed by atoms with Crippen molar-refractivity contribution in [1.29, 1.82) is 0 Å². The standard InChI is InChI=1S/C15H26N2O4/c1-21-10-9-17(12-15(19)20)11-14(18)16-8-7-13-5-3-2-4-6-13/h5H,2-4,6-12H2,1H3,(H,16,18)(H,19,20). The van der Waals surface area contributed by atoms with E-state index < -0.39 is 5.97 Å². The largest absolute Gasteiger partial charge is 0.480 e. The van der Waals surface area contributed by atoms with Crippen LogP contribution < -0.4 is 5.32 Å². The molecule has 1 aliphatic carbocycles. The minimum absolute atomic E-state index is 0.0920. The summed E-state index contributed by atoms with van der Waals surface area (Å²) in [5.41, 5.74) is 1.42. The number of amides is 1. The Balaban J connectivity index is 2.25. The first-order chi connectivity index (χ1) is 10.1. The van der Waals surface area contributed by atoms with Gasteiger partial charge in [-0.2, -0.15) is 0 Å². The highest BCUT2D eigenvalue weighted by Gasteiger charge is 2.13. The van der Waals surface area contributed by atoms with E-state index in [4.69, 9.17) is 9.84 Å². The maximum atomic E-state index is 11.8. The average molecular weight is 298 g/mol. The molecule has 0 unspecified atom stereocenters. The molecule has 2 N–H and O–H groups in total. The van der Waals surface area contributed by atoms with Gasteiger partial charge in [0.05, 0.1) is 19.7 Å². The Hall–Kier alpha value is -1.40. The fourth-order valence-electron chi connectivity index (χ4n) is 2.38. The quantitative estimate of drug-likeness (QED) is 0.589. The summed E-state index contributed by atoms with van der Waals surface area (Å²) in [5.74, 6) is -1.07. The zero-order chi connectivity index (χ0) is 15.5. The first kappa shape index (κ1) is 17.7. The zero-order valence-electron chi connectivity index (χ0n) is 12.8. The number of aliphatic carboxylic acids is 1. The highest BCUT2D eigenvalue weighted by atomic mass is 16.5. The number of hydrogen-bond donors (Lipinski definition) is 2. The summed E-state index contributed by atoms with van der Waals surface area (Å²) in [6.07, 6.45) is 7.94. The Labute approximate surface area is 126 Å². The number of nitrogens with zero attached hydrogens (tertiary/aromatic N) is 1. The van der Waals surface area contributed by atoms with Gasteiger partial charge < -0.3 is 15.2 Å². The number of carbonyl (C=O) groups excluding carboxylic acids is 1. The van der Waals surface area contributed by atoms with Gasteiger partial charge in [0.25, 0.3) is 0 Å². The molecule has 0 aliphatic heterocycles. The van der Waals surface area contributed by atoms with Crippen molar-refractivity contribution in [2.24, 2.45) is 0 Å². The van der Waals surface area contributed by atoms with E-state index in [1.165, 1.54) is 18.4 Å². The zero-order valence-corrected chi connectivity index (χ0v) is 12.8. The van der Waals surface area contributed by atoms with Crippen molar-refractivity contribution in [2.75, 3.05) is 39.9 Å². The number of rotatable bonds is 10. The number of allylic oxidation sites excluding steroid dienone is 1. The lowest BCUT2D eigenvalue weighted by Gasteiger charge is -2.19. The first-order valence-corrected chi connectivity index (χ1v) is 7.49. The maximum absolute atomic E-state index is 11.8. The molecule has 0 aromatic rings. The second-order valence-corrected chi connectivity index (χ2v) is 5.31. The number of carboxylic acids is 1. The van der Waals surface area contributed by atoms with Crippen molar-refractivity contribution in [3.63, 3.8) is 0 Å². The van der Waals surface area contributed by atoms with Crippen molar-refractivity contribution >= 4 is 11.9 Å². The minimum atomic E-state index is -0.939. The van der Waals surface area contributed by atoms with E-state index in [9.17, 15) is 9.59 Å². The highest BCUT2D eigenvalue weighted by Crippen LogP contribution is 2.19. The van der Waals surface area contributed by atoms with Gasteiger partial charge in [-0.25, -0.2) is 0 Å². The van der Waals surface area contributed by atoms with E-state index in [0.717, 1.165) is 19.3 Å². The van der Waals surface area contributed by atoms with Gasteiger partial charge in [-0.05, 0) is 32.1 Å². The number of carboxylic acid groups (broad SMARTS) is 1. The van der Waals surface area contributed by atoms with Crippen LogP contribution in [0.25, 0.3) is 0 Å². The second kappa shape index (κ2) is 10.3. The molecule has 21 heavy (non-hydrogen) atoms. The Kier molecular flexibility index (Phi) is 8.69. The Morgan fingerprint density at radius 2 is 2.19 bits per heavy atom. The van der Waals surface area contributed by atoms with Crippen LogP contribution >= 0.6 is 0 Å². The molecule has 0 heterocycles.